The van der Waals surface area contributed by atoms with Crippen molar-refractivity contribution < 1.29 is 0 Å². The number of halogens is 3. The molecule has 0 amide bonds. The highest BCUT2D eigenvalue weighted by molar-refractivity contribution is 9.10. The normalized spacial score (nSPS) is 12.4. The lowest BCUT2D eigenvalue weighted by molar-refractivity contribution is 0.529. The van der Waals surface area contributed by atoms with Gasteiger partial charge in [0, 0.05) is 26.1 Å². The first-order valence-corrected chi connectivity index (χ1v) is 8.58. The minimum absolute atomic E-state index is 0.112. The van der Waals surface area contributed by atoms with Crippen molar-refractivity contribution in [1.29, 1.82) is 0 Å². The Morgan fingerprint density at radius 3 is 2.38 bits per heavy atom. The van der Waals surface area contributed by atoms with Gasteiger partial charge in [-0.25, -0.2) is 0 Å². The summed E-state index contributed by atoms with van der Waals surface area (Å²) in [5.41, 5.74) is 2.23. The van der Waals surface area contributed by atoms with Crippen molar-refractivity contribution in [2.45, 2.75) is 25.8 Å². The predicted octanol–water partition coefficient (Wildman–Crippen LogP) is 6.04. The molecule has 0 heterocycles. The molecule has 0 radical (unpaired) electrons. The molecule has 21 heavy (non-hydrogen) atoms. The number of hydrogen-bond acceptors (Lipinski definition) is 1. The molecule has 1 atom stereocenters. The molecule has 0 aliphatic carbocycles. The maximum atomic E-state index is 6.37. The number of benzene rings is 2. The monoisotopic (exact) mass is 385 g/mol. The first kappa shape index (κ1) is 16.8. The van der Waals surface area contributed by atoms with E-state index in [1.54, 1.807) is 0 Å². The van der Waals surface area contributed by atoms with Crippen LogP contribution in [0.3, 0.4) is 0 Å². The van der Waals surface area contributed by atoms with Gasteiger partial charge in [-0.3, -0.25) is 0 Å². The fraction of sp³-hybridized carbons (Fsp3) is 0.294. The molecule has 2 aromatic rings. The summed E-state index contributed by atoms with van der Waals surface area (Å²) in [5, 5.41) is 4.98. The quantitative estimate of drug-likeness (QED) is 0.638. The molecule has 0 bridgehead atoms. The minimum Gasteiger partial charge on any atom is -0.310 e. The van der Waals surface area contributed by atoms with Crippen molar-refractivity contribution in [3.05, 3.63) is 68.1 Å². The van der Waals surface area contributed by atoms with Crippen molar-refractivity contribution in [2.24, 2.45) is 0 Å². The summed E-state index contributed by atoms with van der Waals surface area (Å²) in [5.74, 6) is 0. The third-order valence-corrected chi connectivity index (χ3v) is 4.47. The zero-order chi connectivity index (χ0) is 15.2. The zero-order valence-corrected chi connectivity index (χ0v) is 15.0. The maximum absolute atomic E-state index is 6.37. The SMILES string of the molecule is CCCNC(Cc1cccc(Br)c1)c1c(Cl)cccc1Cl. The van der Waals surface area contributed by atoms with Crippen LogP contribution in [0.25, 0.3) is 0 Å². The standard InChI is InChI=1S/C17H18BrCl2N/c1-2-9-21-16(11-12-5-3-6-13(18)10-12)17-14(19)7-4-8-15(17)20/h3-8,10,16,21H,2,9,11H2,1H3. The van der Waals surface area contributed by atoms with Gasteiger partial charge in [0.25, 0.3) is 0 Å². The van der Waals surface area contributed by atoms with Crippen LogP contribution in [0.2, 0.25) is 10.0 Å². The zero-order valence-electron chi connectivity index (χ0n) is 11.9. The molecule has 2 rings (SSSR count). The smallest absolute Gasteiger partial charge is 0.0468 e. The van der Waals surface area contributed by atoms with Crippen molar-refractivity contribution in [3.63, 3.8) is 0 Å². The summed E-state index contributed by atoms with van der Waals surface area (Å²) in [6.45, 7) is 3.08. The average Bonchev–Trinajstić information content (AvgIpc) is 2.44. The topological polar surface area (TPSA) is 12.0 Å². The summed E-state index contributed by atoms with van der Waals surface area (Å²) >= 11 is 16.3. The number of nitrogens with one attached hydrogen (secondary N) is 1. The summed E-state index contributed by atoms with van der Waals surface area (Å²) in [6.07, 6.45) is 1.92. The van der Waals surface area contributed by atoms with Crippen LogP contribution in [0, 0.1) is 0 Å². The maximum Gasteiger partial charge on any atom is 0.0468 e. The lowest BCUT2D eigenvalue weighted by atomic mass is 9.98. The van der Waals surface area contributed by atoms with E-state index in [0.29, 0.717) is 10.0 Å². The van der Waals surface area contributed by atoms with Crippen LogP contribution >= 0.6 is 39.1 Å². The van der Waals surface area contributed by atoms with E-state index in [-0.39, 0.29) is 6.04 Å². The molecular weight excluding hydrogens is 369 g/mol. The largest absolute Gasteiger partial charge is 0.310 e. The summed E-state index contributed by atoms with van der Waals surface area (Å²) in [6, 6.07) is 14.1. The second-order valence-electron chi connectivity index (χ2n) is 4.98. The fourth-order valence-corrected chi connectivity index (χ4v) is 3.45. The van der Waals surface area contributed by atoms with Gasteiger partial charge in [0.05, 0.1) is 0 Å². The molecule has 0 aromatic heterocycles. The molecule has 1 unspecified atom stereocenters. The van der Waals surface area contributed by atoms with Crippen molar-refractivity contribution in [1.82, 2.24) is 5.32 Å². The number of hydrogen-bond donors (Lipinski definition) is 1. The van der Waals surface area contributed by atoms with E-state index in [2.05, 4.69) is 40.3 Å². The molecule has 0 aliphatic rings. The highest BCUT2D eigenvalue weighted by Gasteiger charge is 2.18. The Morgan fingerprint density at radius 1 is 1.10 bits per heavy atom. The van der Waals surface area contributed by atoms with Crippen LogP contribution in [0.1, 0.15) is 30.5 Å². The van der Waals surface area contributed by atoms with Crippen molar-refractivity contribution >= 4 is 39.1 Å². The Labute approximate surface area is 144 Å². The molecule has 112 valence electrons. The Hall–Kier alpha value is -0.540. The Kier molecular flexibility index (Phi) is 6.56. The molecule has 2 aromatic carbocycles. The summed E-state index contributed by atoms with van der Waals surface area (Å²) < 4.78 is 1.08. The van der Waals surface area contributed by atoms with Crippen LogP contribution in [-0.2, 0) is 6.42 Å². The molecule has 1 N–H and O–H groups in total. The first-order chi connectivity index (χ1) is 10.1. The van der Waals surface area contributed by atoms with E-state index in [4.69, 9.17) is 23.2 Å². The van der Waals surface area contributed by atoms with Gasteiger partial charge in [0.15, 0.2) is 0 Å². The van der Waals surface area contributed by atoms with Crippen molar-refractivity contribution in [2.75, 3.05) is 6.54 Å². The predicted molar refractivity (Wildman–Crippen MR) is 95.3 cm³/mol. The van der Waals surface area contributed by atoms with E-state index < -0.39 is 0 Å². The van der Waals surface area contributed by atoms with Crippen LogP contribution in [0.15, 0.2) is 46.9 Å². The Morgan fingerprint density at radius 2 is 1.76 bits per heavy atom. The lowest BCUT2D eigenvalue weighted by Gasteiger charge is -2.21. The third kappa shape index (κ3) is 4.72. The molecule has 4 heteroatoms. The molecule has 1 nitrogen and oxygen atoms in total. The van der Waals surface area contributed by atoms with Crippen LogP contribution in [0.5, 0.6) is 0 Å². The number of rotatable bonds is 6. The van der Waals surface area contributed by atoms with Gasteiger partial charge in [-0.05, 0) is 49.2 Å². The van der Waals surface area contributed by atoms with Crippen LogP contribution in [-0.4, -0.2) is 6.54 Å². The van der Waals surface area contributed by atoms with Crippen molar-refractivity contribution in [3.8, 4) is 0 Å². The Balaban J connectivity index is 2.30. The molecule has 0 saturated carbocycles. The molecule has 0 spiro atoms. The molecule has 0 fully saturated rings. The van der Waals surface area contributed by atoms with Crippen LogP contribution < -0.4 is 5.32 Å². The van der Waals surface area contributed by atoms with Gasteiger partial charge < -0.3 is 5.32 Å². The van der Waals surface area contributed by atoms with Gasteiger partial charge in [0.1, 0.15) is 0 Å². The lowest BCUT2D eigenvalue weighted by Crippen LogP contribution is -2.24. The van der Waals surface area contributed by atoms with Gasteiger partial charge >= 0.3 is 0 Å². The van der Waals surface area contributed by atoms with E-state index in [0.717, 1.165) is 29.4 Å². The van der Waals surface area contributed by atoms with Gasteiger partial charge in [-0.15, -0.1) is 0 Å². The molecule has 0 aliphatic heterocycles. The summed E-state index contributed by atoms with van der Waals surface area (Å²) in [4.78, 5) is 0. The third-order valence-electron chi connectivity index (χ3n) is 3.32. The van der Waals surface area contributed by atoms with E-state index in [9.17, 15) is 0 Å². The molecule has 0 saturated heterocycles. The first-order valence-electron chi connectivity index (χ1n) is 7.03. The van der Waals surface area contributed by atoms with Crippen LogP contribution in [0.4, 0.5) is 0 Å². The average molecular weight is 387 g/mol. The highest BCUT2D eigenvalue weighted by Crippen LogP contribution is 2.32. The summed E-state index contributed by atoms with van der Waals surface area (Å²) in [7, 11) is 0. The highest BCUT2D eigenvalue weighted by atomic mass is 79.9. The second kappa shape index (κ2) is 8.19. The Bertz CT molecular complexity index is 581. The van der Waals surface area contributed by atoms with Gasteiger partial charge in [-0.1, -0.05) is 64.3 Å². The second-order valence-corrected chi connectivity index (χ2v) is 6.71. The fourth-order valence-electron chi connectivity index (χ4n) is 2.34. The van der Waals surface area contributed by atoms with Gasteiger partial charge in [-0.2, -0.15) is 0 Å². The minimum atomic E-state index is 0.112. The van der Waals surface area contributed by atoms with E-state index >= 15 is 0 Å². The van der Waals surface area contributed by atoms with E-state index in [1.165, 1.54) is 5.56 Å². The van der Waals surface area contributed by atoms with E-state index in [1.807, 2.05) is 30.3 Å². The molecular formula is C17H18BrCl2N. The van der Waals surface area contributed by atoms with Gasteiger partial charge in [0.2, 0.25) is 0 Å².